The standard InChI is InChI=1S/C21H27N3O2/c1-5-19(25)26-21-14(4)24-18(10-13(2)3)17(12-23)20(21)16-8-6-15(11-22)7-9-16/h5-9,13H,1,10-12,22-23H2,2-4H3. The molecule has 0 amide bonds. The molecule has 5 heteroatoms. The predicted octanol–water partition coefficient (Wildman–Crippen LogP) is 3.26. The van der Waals surface area contributed by atoms with E-state index in [-0.39, 0.29) is 0 Å². The zero-order valence-electron chi connectivity index (χ0n) is 15.7. The van der Waals surface area contributed by atoms with Gasteiger partial charge < -0.3 is 16.2 Å². The number of carbonyl (C=O) groups is 1. The number of aryl methyl sites for hydroxylation is 1. The van der Waals surface area contributed by atoms with Crippen LogP contribution in [-0.2, 0) is 24.3 Å². The van der Waals surface area contributed by atoms with Crippen molar-refractivity contribution in [2.45, 2.75) is 40.3 Å². The van der Waals surface area contributed by atoms with Crippen LogP contribution in [0.25, 0.3) is 11.1 Å². The topological polar surface area (TPSA) is 91.2 Å². The fourth-order valence-electron chi connectivity index (χ4n) is 2.94. The first kappa shape index (κ1) is 19.8. The fourth-order valence-corrected chi connectivity index (χ4v) is 2.94. The Morgan fingerprint density at radius 3 is 2.38 bits per heavy atom. The molecule has 0 atom stereocenters. The van der Waals surface area contributed by atoms with Crippen molar-refractivity contribution >= 4 is 5.97 Å². The summed E-state index contributed by atoms with van der Waals surface area (Å²) in [5.41, 5.74) is 17.0. The summed E-state index contributed by atoms with van der Waals surface area (Å²) < 4.78 is 5.54. The van der Waals surface area contributed by atoms with Crippen LogP contribution in [-0.4, -0.2) is 11.0 Å². The molecular weight excluding hydrogens is 326 g/mol. The highest BCUT2D eigenvalue weighted by atomic mass is 16.5. The maximum atomic E-state index is 11.9. The van der Waals surface area contributed by atoms with Crippen molar-refractivity contribution in [1.29, 1.82) is 0 Å². The number of hydrogen-bond donors (Lipinski definition) is 2. The SMILES string of the molecule is C=CC(=O)Oc1c(C)nc(CC(C)C)c(CN)c1-c1ccc(CN)cc1. The first-order chi connectivity index (χ1) is 12.4. The highest BCUT2D eigenvalue weighted by Crippen LogP contribution is 2.38. The summed E-state index contributed by atoms with van der Waals surface area (Å²) in [6, 6.07) is 7.88. The Balaban J connectivity index is 2.73. The van der Waals surface area contributed by atoms with E-state index >= 15 is 0 Å². The second-order valence-electron chi connectivity index (χ2n) is 6.65. The molecule has 1 aromatic heterocycles. The molecule has 4 N–H and O–H groups in total. The van der Waals surface area contributed by atoms with Crippen molar-refractivity contribution in [3.8, 4) is 16.9 Å². The molecule has 0 spiro atoms. The van der Waals surface area contributed by atoms with Crippen LogP contribution in [0.2, 0.25) is 0 Å². The maximum Gasteiger partial charge on any atom is 0.335 e. The summed E-state index contributed by atoms with van der Waals surface area (Å²) in [6.07, 6.45) is 1.95. The normalized spacial score (nSPS) is 10.8. The Bertz CT molecular complexity index is 796. The molecule has 1 heterocycles. The lowest BCUT2D eigenvalue weighted by Crippen LogP contribution is -2.14. The van der Waals surface area contributed by atoms with Crippen molar-refractivity contribution in [3.05, 3.63) is 59.4 Å². The molecule has 0 fully saturated rings. The molecule has 0 saturated heterocycles. The van der Waals surface area contributed by atoms with Crippen molar-refractivity contribution in [2.24, 2.45) is 17.4 Å². The number of benzene rings is 1. The van der Waals surface area contributed by atoms with E-state index in [1.165, 1.54) is 0 Å². The van der Waals surface area contributed by atoms with E-state index in [1.54, 1.807) is 0 Å². The van der Waals surface area contributed by atoms with Crippen molar-refractivity contribution in [2.75, 3.05) is 0 Å². The van der Waals surface area contributed by atoms with E-state index in [2.05, 4.69) is 25.4 Å². The minimum absolute atomic E-state index is 0.307. The largest absolute Gasteiger partial charge is 0.421 e. The molecule has 0 bridgehead atoms. The summed E-state index contributed by atoms with van der Waals surface area (Å²) >= 11 is 0. The van der Waals surface area contributed by atoms with Gasteiger partial charge in [0.2, 0.25) is 0 Å². The Hall–Kier alpha value is -2.50. The number of nitrogens with two attached hydrogens (primary N) is 2. The Labute approximate surface area is 155 Å². The van der Waals surface area contributed by atoms with Crippen LogP contribution in [0.15, 0.2) is 36.9 Å². The molecule has 0 aliphatic heterocycles. The zero-order chi connectivity index (χ0) is 19.3. The second kappa shape index (κ2) is 8.74. The van der Waals surface area contributed by atoms with E-state index in [1.807, 2.05) is 31.2 Å². The Morgan fingerprint density at radius 1 is 1.23 bits per heavy atom. The van der Waals surface area contributed by atoms with Crippen LogP contribution >= 0.6 is 0 Å². The van der Waals surface area contributed by atoms with Crippen LogP contribution < -0.4 is 16.2 Å². The lowest BCUT2D eigenvalue weighted by atomic mass is 9.93. The van der Waals surface area contributed by atoms with Crippen LogP contribution in [0.5, 0.6) is 5.75 Å². The van der Waals surface area contributed by atoms with Gasteiger partial charge in [-0.25, -0.2) is 4.79 Å². The Kier molecular flexibility index (Phi) is 6.66. The van der Waals surface area contributed by atoms with Gasteiger partial charge in [0.05, 0.1) is 5.69 Å². The average molecular weight is 353 g/mol. The Morgan fingerprint density at radius 2 is 1.88 bits per heavy atom. The van der Waals surface area contributed by atoms with Crippen molar-refractivity contribution in [3.63, 3.8) is 0 Å². The lowest BCUT2D eigenvalue weighted by molar-refractivity contribution is -0.129. The number of esters is 1. The number of hydrogen-bond acceptors (Lipinski definition) is 5. The first-order valence-electron chi connectivity index (χ1n) is 8.77. The van der Waals surface area contributed by atoms with Gasteiger partial charge in [-0.05, 0) is 36.0 Å². The molecule has 0 aliphatic carbocycles. The highest BCUT2D eigenvalue weighted by Gasteiger charge is 2.21. The minimum atomic E-state index is -0.519. The van der Waals surface area contributed by atoms with E-state index < -0.39 is 5.97 Å². The van der Waals surface area contributed by atoms with Crippen molar-refractivity contribution in [1.82, 2.24) is 4.98 Å². The third kappa shape index (κ3) is 4.36. The molecule has 0 saturated carbocycles. The molecular formula is C21H27N3O2. The van der Waals surface area contributed by atoms with Crippen LogP contribution in [0.3, 0.4) is 0 Å². The van der Waals surface area contributed by atoms with Crippen LogP contribution in [0.1, 0.15) is 36.4 Å². The lowest BCUT2D eigenvalue weighted by Gasteiger charge is -2.20. The number of aromatic nitrogens is 1. The smallest absolute Gasteiger partial charge is 0.335 e. The average Bonchev–Trinajstić information content (AvgIpc) is 2.63. The van der Waals surface area contributed by atoms with Gasteiger partial charge in [0.25, 0.3) is 0 Å². The van der Waals surface area contributed by atoms with E-state index in [0.717, 1.165) is 40.4 Å². The summed E-state index contributed by atoms with van der Waals surface area (Å²) in [5, 5.41) is 0. The van der Waals surface area contributed by atoms with E-state index in [9.17, 15) is 4.79 Å². The number of rotatable bonds is 7. The van der Waals surface area contributed by atoms with Gasteiger partial charge in [-0.3, -0.25) is 4.98 Å². The van der Waals surface area contributed by atoms with Gasteiger partial charge in [-0.2, -0.15) is 0 Å². The third-order valence-corrected chi connectivity index (χ3v) is 4.16. The number of pyridine rings is 1. The van der Waals surface area contributed by atoms with Crippen LogP contribution in [0.4, 0.5) is 0 Å². The summed E-state index contributed by atoms with van der Waals surface area (Å²) in [6.45, 7) is 10.4. The molecule has 0 unspecified atom stereocenters. The summed E-state index contributed by atoms with van der Waals surface area (Å²) in [5.74, 6) is 0.346. The van der Waals surface area contributed by atoms with E-state index in [0.29, 0.717) is 30.5 Å². The van der Waals surface area contributed by atoms with Gasteiger partial charge in [-0.1, -0.05) is 44.7 Å². The van der Waals surface area contributed by atoms with Crippen LogP contribution in [0, 0.1) is 12.8 Å². The van der Waals surface area contributed by atoms with Gasteiger partial charge >= 0.3 is 5.97 Å². The molecule has 2 aromatic rings. The zero-order valence-corrected chi connectivity index (χ0v) is 15.7. The highest BCUT2D eigenvalue weighted by molar-refractivity contribution is 5.86. The quantitative estimate of drug-likeness (QED) is 0.589. The van der Waals surface area contributed by atoms with Gasteiger partial charge in [-0.15, -0.1) is 0 Å². The summed E-state index contributed by atoms with van der Waals surface area (Å²) in [4.78, 5) is 16.5. The molecule has 5 nitrogen and oxygen atoms in total. The van der Waals surface area contributed by atoms with Gasteiger partial charge in [0.15, 0.2) is 5.75 Å². The van der Waals surface area contributed by atoms with Gasteiger partial charge in [0, 0.05) is 30.4 Å². The molecule has 1 aromatic carbocycles. The monoisotopic (exact) mass is 353 g/mol. The molecule has 26 heavy (non-hydrogen) atoms. The second-order valence-corrected chi connectivity index (χ2v) is 6.65. The predicted molar refractivity (Wildman–Crippen MR) is 105 cm³/mol. The fraction of sp³-hybridized carbons (Fsp3) is 0.333. The molecule has 0 aliphatic rings. The van der Waals surface area contributed by atoms with Crippen molar-refractivity contribution < 1.29 is 9.53 Å². The molecule has 138 valence electrons. The summed E-state index contributed by atoms with van der Waals surface area (Å²) in [7, 11) is 0. The maximum absolute atomic E-state index is 11.9. The number of nitrogens with zero attached hydrogens (tertiary/aromatic N) is 1. The molecule has 2 rings (SSSR count). The third-order valence-electron chi connectivity index (χ3n) is 4.16. The van der Waals surface area contributed by atoms with Gasteiger partial charge in [0.1, 0.15) is 0 Å². The first-order valence-corrected chi connectivity index (χ1v) is 8.77. The minimum Gasteiger partial charge on any atom is -0.421 e. The van der Waals surface area contributed by atoms with E-state index in [4.69, 9.17) is 16.2 Å². The number of carbonyl (C=O) groups excluding carboxylic acids is 1. The number of ether oxygens (including phenoxy) is 1. The molecule has 0 radical (unpaired) electrons.